The van der Waals surface area contributed by atoms with Crippen molar-refractivity contribution in [1.82, 2.24) is 5.32 Å². The van der Waals surface area contributed by atoms with E-state index in [4.69, 9.17) is 34.5 Å². The van der Waals surface area contributed by atoms with Crippen LogP contribution in [0.15, 0.2) is 56.4 Å². The highest BCUT2D eigenvalue weighted by molar-refractivity contribution is 6.43. The van der Waals surface area contributed by atoms with Crippen LogP contribution in [0.2, 0.25) is 0 Å². The maximum atomic E-state index is 12.2. The van der Waals surface area contributed by atoms with Crippen molar-refractivity contribution in [2.45, 2.75) is 66.2 Å². The van der Waals surface area contributed by atoms with Gasteiger partial charge in [-0.15, -0.1) is 0 Å². The number of hydrogen-bond donors (Lipinski definition) is 5. The van der Waals surface area contributed by atoms with Gasteiger partial charge in [-0.2, -0.15) is 0 Å². The summed E-state index contributed by atoms with van der Waals surface area (Å²) in [6, 6.07) is 0. The number of carbonyl (C=O) groups excluding carboxylic acids is 1. The van der Waals surface area contributed by atoms with Gasteiger partial charge in [-0.25, -0.2) is 4.99 Å². The Morgan fingerprint density at radius 2 is 1.82 bits per heavy atom. The van der Waals surface area contributed by atoms with Crippen molar-refractivity contribution in [2.24, 2.45) is 38.8 Å². The summed E-state index contributed by atoms with van der Waals surface area (Å²) in [5, 5.41) is 2.24. The van der Waals surface area contributed by atoms with Crippen molar-refractivity contribution in [3.8, 4) is 0 Å². The number of rotatable bonds is 14. The van der Waals surface area contributed by atoms with Crippen LogP contribution in [0.5, 0.6) is 0 Å². The molecule has 0 spiro atoms. The zero-order chi connectivity index (χ0) is 25.2. The van der Waals surface area contributed by atoms with Crippen LogP contribution in [0.25, 0.3) is 0 Å². The Bertz CT molecular complexity index is 789. The van der Waals surface area contributed by atoms with Gasteiger partial charge in [0.25, 0.3) is 5.91 Å². The quantitative estimate of drug-likeness (QED) is 0.0642. The van der Waals surface area contributed by atoms with Crippen LogP contribution in [-0.4, -0.2) is 30.7 Å². The van der Waals surface area contributed by atoms with Crippen LogP contribution >= 0.6 is 11.6 Å². The second-order valence-electron chi connectivity index (χ2n) is 7.93. The predicted molar refractivity (Wildman–Crippen MR) is 142 cm³/mol. The number of nitrogens with zero attached hydrogens (tertiary/aromatic N) is 2. The molecule has 0 aromatic heterocycles. The molecular weight excluding hydrogens is 438 g/mol. The van der Waals surface area contributed by atoms with Crippen molar-refractivity contribution >= 4 is 29.2 Å². The van der Waals surface area contributed by atoms with Gasteiger partial charge in [-0.3, -0.25) is 15.1 Å². The molecule has 186 valence electrons. The molecule has 33 heavy (non-hydrogen) atoms. The molecule has 0 saturated carbocycles. The molecule has 0 aliphatic rings. The van der Waals surface area contributed by atoms with Crippen LogP contribution in [-0.2, 0) is 4.79 Å². The molecule has 0 aliphatic heterocycles. The predicted octanol–water partition coefficient (Wildman–Crippen LogP) is 3.55. The Kier molecular flexibility index (Phi) is 16.5. The van der Waals surface area contributed by atoms with E-state index in [1.54, 1.807) is 0 Å². The first-order valence-corrected chi connectivity index (χ1v) is 11.8. The molecule has 0 aromatic carbocycles. The van der Waals surface area contributed by atoms with E-state index >= 15 is 0 Å². The number of nitrogens with two attached hydrogens (primary N) is 4. The molecule has 0 aromatic rings. The zero-order valence-electron chi connectivity index (χ0n) is 20.5. The monoisotopic (exact) mass is 479 g/mol. The number of halogens is 1. The Morgan fingerprint density at radius 1 is 1.12 bits per heavy atom. The minimum Gasteiger partial charge on any atom is -0.383 e. The van der Waals surface area contributed by atoms with E-state index in [0.717, 1.165) is 38.5 Å². The summed E-state index contributed by atoms with van der Waals surface area (Å²) in [5.41, 5.74) is 24.8. The molecule has 0 heterocycles. The van der Waals surface area contributed by atoms with Crippen molar-refractivity contribution < 1.29 is 4.79 Å². The summed E-state index contributed by atoms with van der Waals surface area (Å²) in [6.45, 7) is 9.06. The van der Waals surface area contributed by atoms with E-state index in [1.165, 1.54) is 11.1 Å². The lowest BCUT2D eigenvalue weighted by molar-refractivity contribution is -0.113. The van der Waals surface area contributed by atoms with E-state index in [0.29, 0.717) is 12.5 Å². The lowest BCUT2D eigenvalue weighted by Gasteiger charge is -2.10. The fourth-order valence-electron chi connectivity index (χ4n) is 2.86. The third-order valence-electron chi connectivity index (χ3n) is 4.79. The summed E-state index contributed by atoms with van der Waals surface area (Å²) in [7, 11) is 0. The fourth-order valence-corrected chi connectivity index (χ4v) is 2.97. The van der Waals surface area contributed by atoms with Crippen LogP contribution in [0.3, 0.4) is 0 Å². The molecule has 0 saturated heterocycles. The minimum absolute atomic E-state index is 0.00396. The van der Waals surface area contributed by atoms with E-state index in [-0.39, 0.29) is 29.2 Å². The van der Waals surface area contributed by atoms with Gasteiger partial charge in [0.1, 0.15) is 11.5 Å². The lowest BCUT2D eigenvalue weighted by Crippen LogP contribution is -2.43. The maximum absolute atomic E-state index is 12.2. The van der Waals surface area contributed by atoms with Crippen LogP contribution in [0, 0.1) is 5.92 Å². The van der Waals surface area contributed by atoms with Gasteiger partial charge in [-0.05, 0) is 44.9 Å². The van der Waals surface area contributed by atoms with Gasteiger partial charge < -0.3 is 22.9 Å². The summed E-state index contributed by atoms with van der Waals surface area (Å²) < 4.78 is 0. The van der Waals surface area contributed by atoms with Gasteiger partial charge in [0.2, 0.25) is 0 Å². The first-order chi connectivity index (χ1) is 15.7. The van der Waals surface area contributed by atoms with Crippen LogP contribution in [0.4, 0.5) is 0 Å². The number of nitrogens with one attached hydrogen (secondary N) is 1. The highest BCUT2D eigenvalue weighted by Gasteiger charge is 2.12. The lowest BCUT2D eigenvalue weighted by atomic mass is 9.96. The standard InChI is InChI=1S/C24H42ClN7O/c1-5-7-11-18(13-14-19(10-6-2)17(3)4)12-8-9-15-30-24(29)32-23(33)20(16-26)31-21(25)22(27)28/h5,7,13-14,17H,6,8-12,15-16,26-28H2,1-4H3,(H3,29,30,32,33)/b7-5-,18-13+,19-14-,31-20+. The van der Waals surface area contributed by atoms with Crippen LogP contribution < -0.4 is 28.3 Å². The van der Waals surface area contributed by atoms with Crippen molar-refractivity contribution in [3.63, 3.8) is 0 Å². The smallest absolute Gasteiger partial charge is 0.273 e. The number of amides is 1. The Morgan fingerprint density at radius 3 is 2.36 bits per heavy atom. The molecule has 0 atom stereocenters. The molecule has 0 radical (unpaired) electrons. The van der Waals surface area contributed by atoms with E-state index in [1.807, 2.05) is 6.92 Å². The number of unbranched alkanes of at least 4 members (excludes halogenated alkanes) is 1. The molecule has 9 N–H and O–H groups in total. The maximum Gasteiger partial charge on any atom is 0.273 e. The largest absolute Gasteiger partial charge is 0.383 e. The van der Waals surface area contributed by atoms with E-state index in [2.05, 4.69) is 60.4 Å². The number of carbonyl (C=O) groups is 1. The van der Waals surface area contributed by atoms with Gasteiger partial charge in [-0.1, -0.05) is 74.2 Å². The number of allylic oxidation sites excluding steroid dienone is 6. The summed E-state index contributed by atoms with van der Waals surface area (Å²) in [6.07, 6.45) is 14.8. The van der Waals surface area contributed by atoms with E-state index < -0.39 is 5.91 Å². The minimum atomic E-state index is -0.602. The molecule has 0 bridgehead atoms. The summed E-state index contributed by atoms with van der Waals surface area (Å²) in [5.74, 6) is -0.257. The summed E-state index contributed by atoms with van der Waals surface area (Å²) in [4.78, 5) is 20.2. The van der Waals surface area contributed by atoms with Crippen LogP contribution in [0.1, 0.15) is 66.2 Å². The highest BCUT2D eigenvalue weighted by Crippen LogP contribution is 2.19. The molecule has 8 nitrogen and oxygen atoms in total. The molecule has 1 amide bonds. The first kappa shape index (κ1) is 30.4. The van der Waals surface area contributed by atoms with Gasteiger partial charge in [0.05, 0.1) is 0 Å². The third-order valence-corrected chi connectivity index (χ3v) is 5.09. The van der Waals surface area contributed by atoms with Gasteiger partial charge in [0, 0.05) is 13.1 Å². The highest BCUT2D eigenvalue weighted by atomic mass is 35.5. The second-order valence-corrected chi connectivity index (χ2v) is 8.29. The number of hydrogen-bond acceptors (Lipinski definition) is 6. The first-order valence-electron chi connectivity index (χ1n) is 11.4. The zero-order valence-corrected chi connectivity index (χ0v) is 21.3. The summed E-state index contributed by atoms with van der Waals surface area (Å²) >= 11 is 5.75. The molecule has 0 aliphatic carbocycles. The fraction of sp³-hybridized carbons (Fsp3) is 0.542. The average Bonchev–Trinajstić information content (AvgIpc) is 2.76. The Balaban J connectivity index is 4.86. The normalized spacial score (nSPS) is 13.7. The topological polar surface area (TPSA) is 158 Å². The molecular formula is C24H42ClN7O. The van der Waals surface area contributed by atoms with Crippen molar-refractivity contribution in [2.75, 3.05) is 13.1 Å². The molecule has 0 rings (SSSR count). The SMILES string of the molecule is C/C=C\C/C(=C\C=C(\CCC)C(C)C)CCCCN=C(N)NC(=O)/C(CN)=N/C(Cl)=C(N)N. The van der Waals surface area contributed by atoms with Crippen molar-refractivity contribution in [1.29, 1.82) is 0 Å². The Labute approximate surface area is 204 Å². The van der Waals surface area contributed by atoms with Crippen molar-refractivity contribution in [3.05, 3.63) is 46.4 Å². The Hall–Kier alpha value is -2.58. The third kappa shape index (κ3) is 14.2. The number of guanidine groups is 1. The van der Waals surface area contributed by atoms with Gasteiger partial charge in [0.15, 0.2) is 11.1 Å². The molecule has 0 fully saturated rings. The average molecular weight is 480 g/mol. The number of aliphatic imine (C=N–C) groups is 2. The second kappa shape index (κ2) is 17.9. The van der Waals surface area contributed by atoms with E-state index in [9.17, 15) is 4.79 Å². The van der Waals surface area contributed by atoms with Gasteiger partial charge >= 0.3 is 0 Å². The molecule has 0 unspecified atom stereocenters. The molecule has 9 heteroatoms.